The van der Waals surface area contributed by atoms with Gasteiger partial charge in [-0.15, -0.1) is 0 Å². The molecular formula is C19H22ClNO. The van der Waals surface area contributed by atoms with E-state index in [2.05, 4.69) is 17.4 Å². The topological polar surface area (TPSA) is 21.3 Å². The maximum Gasteiger partial charge on any atom is 0.124 e. The van der Waals surface area contributed by atoms with Gasteiger partial charge in [-0.2, -0.15) is 0 Å². The molecule has 0 spiro atoms. The molecule has 0 aromatic heterocycles. The summed E-state index contributed by atoms with van der Waals surface area (Å²) >= 11 is 6.01. The number of nitrogens with one attached hydrogen (secondary N) is 1. The van der Waals surface area contributed by atoms with Gasteiger partial charge in [0, 0.05) is 23.2 Å². The molecule has 1 aliphatic rings. The molecule has 0 atom stereocenters. The highest BCUT2D eigenvalue weighted by Gasteiger charge is 2.14. The van der Waals surface area contributed by atoms with Gasteiger partial charge in [0.15, 0.2) is 0 Å². The van der Waals surface area contributed by atoms with Crippen molar-refractivity contribution in [1.29, 1.82) is 0 Å². The van der Waals surface area contributed by atoms with E-state index in [1.165, 1.54) is 31.2 Å². The number of halogens is 1. The van der Waals surface area contributed by atoms with Crippen molar-refractivity contribution in [1.82, 2.24) is 5.32 Å². The molecule has 0 saturated heterocycles. The Bertz CT molecular complexity index is 608. The summed E-state index contributed by atoms with van der Waals surface area (Å²) in [7, 11) is 0. The van der Waals surface area contributed by atoms with E-state index in [-0.39, 0.29) is 0 Å². The van der Waals surface area contributed by atoms with Gasteiger partial charge in [-0.1, -0.05) is 54.8 Å². The zero-order chi connectivity index (χ0) is 15.2. The lowest BCUT2D eigenvalue weighted by Crippen LogP contribution is -2.25. The van der Waals surface area contributed by atoms with Crippen molar-refractivity contribution in [2.45, 2.75) is 44.9 Å². The average molecular weight is 316 g/mol. The molecule has 0 unspecified atom stereocenters. The van der Waals surface area contributed by atoms with Gasteiger partial charge in [0.2, 0.25) is 0 Å². The first-order valence-electron chi connectivity index (χ1n) is 8.00. The third-order valence-electron chi connectivity index (χ3n) is 4.19. The standard InChI is InChI=1S/C19H22ClNO/c20-17-8-5-6-15(12-17)14-22-19-11-4-1-7-16(19)13-21-18-9-2-3-10-18/h1,4-8,11-12,18,21H,2-3,9-10,13-14H2. The van der Waals surface area contributed by atoms with Crippen LogP contribution >= 0.6 is 11.6 Å². The second kappa shape index (κ2) is 7.66. The van der Waals surface area contributed by atoms with Crippen LogP contribution in [0, 0.1) is 0 Å². The number of ether oxygens (including phenoxy) is 1. The van der Waals surface area contributed by atoms with E-state index >= 15 is 0 Å². The Labute approximate surface area is 137 Å². The smallest absolute Gasteiger partial charge is 0.124 e. The maximum atomic E-state index is 6.01. The van der Waals surface area contributed by atoms with Gasteiger partial charge < -0.3 is 10.1 Å². The molecule has 3 rings (SSSR count). The van der Waals surface area contributed by atoms with Crippen LogP contribution in [0.1, 0.15) is 36.8 Å². The molecule has 2 aromatic carbocycles. The van der Waals surface area contributed by atoms with Crippen molar-refractivity contribution in [3.63, 3.8) is 0 Å². The molecule has 1 saturated carbocycles. The van der Waals surface area contributed by atoms with Crippen LogP contribution in [0.25, 0.3) is 0 Å². The lowest BCUT2D eigenvalue weighted by Gasteiger charge is -2.15. The SMILES string of the molecule is Clc1cccc(COc2ccccc2CNC2CCCC2)c1. The molecule has 1 fully saturated rings. The van der Waals surface area contributed by atoms with Crippen LogP contribution in [-0.4, -0.2) is 6.04 Å². The largest absolute Gasteiger partial charge is 0.489 e. The van der Waals surface area contributed by atoms with Crippen LogP contribution in [0.2, 0.25) is 5.02 Å². The van der Waals surface area contributed by atoms with E-state index in [1.54, 1.807) is 0 Å². The van der Waals surface area contributed by atoms with Gasteiger partial charge in [-0.05, 0) is 36.6 Å². The van der Waals surface area contributed by atoms with E-state index in [1.807, 2.05) is 36.4 Å². The van der Waals surface area contributed by atoms with Crippen LogP contribution in [0.3, 0.4) is 0 Å². The summed E-state index contributed by atoms with van der Waals surface area (Å²) in [6, 6.07) is 16.7. The van der Waals surface area contributed by atoms with E-state index in [0.29, 0.717) is 12.6 Å². The second-order valence-electron chi connectivity index (χ2n) is 5.89. The fraction of sp³-hybridized carbons (Fsp3) is 0.368. The van der Waals surface area contributed by atoms with Crippen LogP contribution in [0.15, 0.2) is 48.5 Å². The van der Waals surface area contributed by atoms with Gasteiger partial charge in [-0.25, -0.2) is 0 Å². The normalized spacial score (nSPS) is 15.1. The summed E-state index contributed by atoms with van der Waals surface area (Å²) in [5.41, 5.74) is 2.31. The van der Waals surface area contributed by atoms with E-state index < -0.39 is 0 Å². The minimum absolute atomic E-state index is 0.543. The minimum Gasteiger partial charge on any atom is -0.489 e. The van der Waals surface area contributed by atoms with Crippen molar-refractivity contribution in [3.8, 4) is 5.75 Å². The Hall–Kier alpha value is -1.51. The lowest BCUT2D eigenvalue weighted by molar-refractivity contribution is 0.301. The molecule has 22 heavy (non-hydrogen) atoms. The number of hydrogen-bond acceptors (Lipinski definition) is 2. The molecule has 0 heterocycles. The first-order valence-corrected chi connectivity index (χ1v) is 8.37. The third-order valence-corrected chi connectivity index (χ3v) is 4.43. The minimum atomic E-state index is 0.543. The summed E-state index contributed by atoms with van der Waals surface area (Å²) in [5, 5.41) is 4.39. The van der Waals surface area contributed by atoms with Crippen molar-refractivity contribution in [3.05, 3.63) is 64.7 Å². The van der Waals surface area contributed by atoms with Crippen LogP contribution in [-0.2, 0) is 13.2 Å². The molecule has 0 amide bonds. The average Bonchev–Trinajstić information content (AvgIpc) is 3.05. The zero-order valence-corrected chi connectivity index (χ0v) is 13.5. The van der Waals surface area contributed by atoms with Crippen LogP contribution in [0.4, 0.5) is 0 Å². The van der Waals surface area contributed by atoms with Crippen molar-refractivity contribution >= 4 is 11.6 Å². The summed E-state index contributed by atoms with van der Waals surface area (Å²) in [4.78, 5) is 0. The number of benzene rings is 2. The lowest BCUT2D eigenvalue weighted by atomic mass is 10.1. The molecule has 2 aromatic rings. The molecule has 116 valence electrons. The number of hydrogen-bond donors (Lipinski definition) is 1. The van der Waals surface area contributed by atoms with Gasteiger partial charge in [0.1, 0.15) is 12.4 Å². The molecule has 0 aliphatic heterocycles. The highest BCUT2D eigenvalue weighted by atomic mass is 35.5. The molecule has 1 aliphatic carbocycles. The Balaban J connectivity index is 1.60. The summed E-state index contributed by atoms with van der Waals surface area (Å²) in [6.45, 7) is 1.41. The summed E-state index contributed by atoms with van der Waals surface area (Å²) in [6.07, 6.45) is 5.30. The molecule has 3 heteroatoms. The van der Waals surface area contributed by atoms with Crippen molar-refractivity contribution in [2.24, 2.45) is 0 Å². The van der Waals surface area contributed by atoms with Crippen LogP contribution in [0.5, 0.6) is 5.75 Å². The molecule has 0 radical (unpaired) electrons. The molecule has 1 N–H and O–H groups in total. The third kappa shape index (κ3) is 4.25. The van der Waals surface area contributed by atoms with E-state index in [0.717, 1.165) is 22.9 Å². The molecule has 2 nitrogen and oxygen atoms in total. The number of rotatable bonds is 6. The predicted molar refractivity (Wildman–Crippen MR) is 91.3 cm³/mol. The predicted octanol–water partition coefficient (Wildman–Crippen LogP) is 4.95. The van der Waals surface area contributed by atoms with E-state index in [4.69, 9.17) is 16.3 Å². The maximum absolute atomic E-state index is 6.01. The fourth-order valence-electron chi connectivity index (χ4n) is 2.96. The van der Waals surface area contributed by atoms with Crippen LogP contribution < -0.4 is 10.1 Å². The van der Waals surface area contributed by atoms with Gasteiger partial charge in [0.05, 0.1) is 0 Å². The second-order valence-corrected chi connectivity index (χ2v) is 6.33. The highest BCUT2D eigenvalue weighted by molar-refractivity contribution is 6.30. The van der Waals surface area contributed by atoms with Crippen molar-refractivity contribution in [2.75, 3.05) is 0 Å². The zero-order valence-electron chi connectivity index (χ0n) is 12.7. The number of para-hydroxylation sites is 1. The first-order chi connectivity index (χ1) is 10.8. The highest BCUT2D eigenvalue weighted by Crippen LogP contribution is 2.22. The monoisotopic (exact) mass is 315 g/mol. The quantitative estimate of drug-likeness (QED) is 0.814. The Kier molecular flexibility index (Phi) is 5.36. The fourth-order valence-corrected chi connectivity index (χ4v) is 3.18. The summed E-state index contributed by atoms with van der Waals surface area (Å²) in [5.74, 6) is 0.952. The van der Waals surface area contributed by atoms with Crippen molar-refractivity contribution < 1.29 is 4.74 Å². The van der Waals surface area contributed by atoms with Gasteiger partial charge in [-0.3, -0.25) is 0 Å². The Morgan fingerprint density at radius 1 is 1.05 bits per heavy atom. The van der Waals surface area contributed by atoms with E-state index in [9.17, 15) is 0 Å². The molecular weight excluding hydrogens is 294 g/mol. The summed E-state index contributed by atoms with van der Waals surface area (Å²) < 4.78 is 5.99. The Morgan fingerprint density at radius 3 is 2.68 bits per heavy atom. The molecule has 0 bridgehead atoms. The first kappa shape index (κ1) is 15.4. The van der Waals surface area contributed by atoms with Gasteiger partial charge >= 0.3 is 0 Å². The van der Waals surface area contributed by atoms with Gasteiger partial charge in [0.25, 0.3) is 0 Å². The Morgan fingerprint density at radius 2 is 1.86 bits per heavy atom.